The number of sulfonamides is 1. The van der Waals surface area contributed by atoms with Crippen molar-refractivity contribution in [3.8, 4) is 0 Å². The molecular weight excluding hydrogens is 260 g/mol. The monoisotopic (exact) mass is 282 g/mol. The molecule has 0 radical (unpaired) electrons. The molecule has 1 fully saturated rings. The molecule has 1 aliphatic heterocycles. The van der Waals surface area contributed by atoms with Gasteiger partial charge < -0.3 is 5.32 Å². The molecule has 1 aliphatic rings. The molecule has 1 saturated heterocycles. The Morgan fingerprint density at radius 1 is 1.26 bits per heavy atom. The molecule has 0 amide bonds. The van der Waals surface area contributed by atoms with Gasteiger partial charge in [-0.15, -0.1) is 0 Å². The van der Waals surface area contributed by atoms with Gasteiger partial charge in [0.05, 0.1) is 5.25 Å². The van der Waals surface area contributed by atoms with E-state index in [9.17, 15) is 8.42 Å². The fraction of sp³-hybridized carbons (Fsp3) is 0.571. The predicted molar refractivity (Wildman–Crippen MR) is 77.5 cm³/mol. The van der Waals surface area contributed by atoms with Gasteiger partial charge in [-0.3, -0.25) is 0 Å². The summed E-state index contributed by atoms with van der Waals surface area (Å²) >= 11 is 0. The van der Waals surface area contributed by atoms with Crippen LogP contribution < -0.4 is 10.0 Å². The van der Waals surface area contributed by atoms with Gasteiger partial charge in [0.1, 0.15) is 0 Å². The standard InChI is InChI=1S/C14H22N2O2S/c1-11-5-3-4-6-14(11)12(2)16-19(17,18)13-7-9-15-10-8-13/h3-6,12-13,15-16H,7-10H2,1-2H3. The van der Waals surface area contributed by atoms with Crippen LogP contribution in [0, 0.1) is 6.92 Å². The first-order valence-electron chi connectivity index (χ1n) is 6.78. The lowest BCUT2D eigenvalue weighted by molar-refractivity contribution is 0.484. The van der Waals surface area contributed by atoms with Gasteiger partial charge in [0, 0.05) is 6.04 Å². The average molecular weight is 282 g/mol. The second-order valence-corrected chi connectivity index (χ2v) is 7.18. The van der Waals surface area contributed by atoms with Crippen molar-refractivity contribution >= 4 is 10.0 Å². The van der Waals surface area contributed by atoms with Gasteiger partial charge in [0.2, 0.25) is 10.0 Å². The van der Waals surface area contributed by atoms with Crippen LogP contribution in [0.1, 0.15) is 36.9 Å². The number of benzene rings is 1. The number of aryl methyl sites for hydroxylation is 1. The first-order valence-corrected chi connectivity index (χ1v) is 8.33. The van der Waals surface area contributed by atoms with Crippen molar-refractivity contribution < 1.29 is 8.42 Å². The van der Waals surface area contributed by atoms with Crippen molar-refractivity contribution in [2.24, 2.45) is 0 Å². The molecule has 4 nitrogen and oxygen atoms in total. The van der Waals surface area contributed by atoms with Crippen LogP contribution in [-0.2, 0) is 10.0 Å². The van der Waals surface area contributed by atoms with Gasteiger partial charge >= 0.3 is 0 Å². The molecule has 19 heavy (non-hydrogen) atoms. The second kappa shape index (κ2) is 6.03. The summed E-state index contributed by atoms with van der Waals surface area (Å²) in [4.78, 5) is 0. The summed E-state index contributed by atoms with van der Waals surface area (Å²) < 4.78 is 27.5. The van der Waals surface area contributed by atoms with Crippen LogP contribution in [0.2, 0.25) is 0 Å². The summed E-state index contributed by atoms with van der Waals surface area (Å²) in [6, 6.07) is 7.71. The third-order valence-corrected chi connectivity index (χ3v) is 5.75. The molecule has 106 valence electrons. The molecular formula is C14H22N2O2S. The van der Waals surface area contributed by atoms with Crippen LogP contribution in [0.3, 0.4) is 0 Å². The van der Waals surface area contributed by atoms with Crippen molar-refractivity contribution in [2.45, 2.75) is 38.0 Å². The van der Waals surface area contributed by atoms with E-state index >= 15 is 0 Å². The SMILES string of the molecule is Cc1ccccc1C(C)NS(=O)(=O)C1CCNCC1. The Morgan fingerprint density at radius 3 is 2.53 bits per heavy atom. The molecule has 1 atom stereocenters. The van der Waals surface area contributed by atoms with E-state index in [0.717, 1.165) is 24.2 Å². The molecule has 0 bridgehead atoms. The molecule has 2 rings (SSSR count). The lowest BCUT2D eigenvalue weighted by Crippen LogP contribution is -2.42. The Kier molecular flexibility index (Phi) is 4.60. The fourth-order valence-corrected chi connectivity index (χ4v) is 4.25. The minimum Gasteiger partial charge on any atom is -0.317 e. The molecule has 2 N–H and O–H groups in total. The highest BCUT2D eigenvalue weighted by molar-refractivity contribution is 7.90. The molecule has 0 spiro atoms. The van der Waals surface area contributed by atoms with E-state index < -0.39 is 10.0 Å². The van der Waals surface area contributed by atoms with Gasteiger partial charge in [0.25, 0.3) is 0 Å². The molecule has 5 heteroatoms. The normalized spacial score (nSPS) is 19.3. The summed E-state index contributed by atoms with van der Waals surface area (Å²) in [5.74, 6) is 0. The van der Waals surface area contributed by atoms with Crippen molar-refractivity contribution in [2.75, 3.05) is 13.1 Å². The Hall–Kier alpha value is -0.910. The topological polar surface area (TPSA) is 58.2 Å². The molecule has 1 aromatic rings. The maximum absolute atomic E-state index is 12.3. The van der Waals surface area contributed by atoms with E-state index in [0.29, 0.717) is 12.8 Å². The molecule has 1 aromatic carbocycles. The Bertz CT molecular complexity index is 522. The van der Waals surface area contributed by atoms with Gasteiger partial charge in [-0.2, -0.15) is 0 Å². The highest BCUT2D eigenvalue weighted by atomic mass is 32.2. The zero-order valence-corrected chi connectivity index (χ0v) is 12.3. The van der Waals surface area contributed by atoms with Crippen molar-refractivity contribution in [1.82, 2.24) is 10.0 Å². The van der Waals surface area contributed by atoms with Crippen LogP contribution >= 0.6 is 0 Å². The minimum atomic E-state index is -3.24. The smallest absolute Gasteiger partial charge is 0.215 e. The van der Waals surface area contributed by atoms with E-state index in [1.54, 1.807) is 0 Å². The Morgan fingerprint density at radius 2 is 1.89 bits per heavy atom. The molecule has 0 aromatic heterocycles. The zero-order chi connectivity index (χ0) is 13.9. The third kappa shape index (κ3) is 3.55. The van der Waals surface area contributed by atoms with Crippen LogP contribution in [0.5, 0.6) is 0 Å². The number of piperidine rings is 1. The van der Waals surface area contributed by atoms with Crippen LogP contribution in [0.4, 0.5) is 0 Å². The van der Waals surface area contributed by atoms with Gasteiger partial charge in [-0.1, -0.05) is 24.3 Å². The van der Waals surface area contributed by atoms with E-state index in [1.807, 2.05) is 38.1 Å². The molecule has 0 aliphatic carbocycles. The average Bonchev–Trinajstić information content (AvgIpc) is 2.39. The minimum absolute atomic E-state index is 0.180. The molecule has 1 heterocycles. The first-order chi connectivity index (χ1) is 9.00. The number of hydrogen-bond donors (Lipinski definition) is 2. The maximum Gasteiger partial charge on any atom is 0.215 e. The predicted octanol–water partition coefficient (Wildman–Crippen LogP) is 1.73. The highest BCUT2D eigenvalue weighted by Gasteiger charge is 2.28. The molecule has 0 saturated carbocycles. The second-order valence-electron chi connectivity index (χ2n) is 5.19. The van der Waals surface area contributed by atoms with E-state index in [4.69, 9.17) is 0 Å². The first kappa shape index (κ1) is 14.5. The van der Waals surface area contributed by atoms with Crippen LogP contribution in [-0.4, -0.2) is 26.8 Å². The summed E-state index contributed by atoms with van der Waals surface area (Å²) in [5, 5.41) is 2.93. The lowest BCUT2D eigenvalue weighted by Gasteiger charge is -2.25. The Labute approximate surface area is 115 Å². The van der Waals surface area contributed by atoms with E-state index in [1.165, 1.54) is 0 Å². The van der Waals surface area contributed by atoms with Gasteiger partial charge in [-0.05, 0) is 50.9 Å². The third-order valence-electron chi connectivity index (χ3n) is 3.72. The highest BCUT2D eigenvalue weighted by Crippen LogP contribution is 2.20. The number of rotatable bonds is 4. The van der Waals surface area contributed by atoms with Crippen molar-refractivity contribution in [3.63, 3.8) is 0 Å². The van der Waals surface area contributed by atoms with Crippen LogP contribution in [0.15, 0.2) is 24.3 Å². The summed E-state index contributed by atoms with van der Waals surface area (Å²) in [5.41, 5.74) is 2.16. The largest absolute Gasteiger partial charge is 0.317 e. The van der Waals surface area contributed by atoms with Crippen molar-refractivity contribution in [3.05, 3.63) is 35.4 Å². The number of nitrogens with one attached hydrogen (secondary N) is 2. The lowest BCUT2D eigenvalue weighted by atomic mass is 10.0. The fourth-order valence-electron chi connectivity index (χ4n) is 2.58. The quantitative estimate of drug-likeness (QED) is 0.884. The van der Waals surface area contributed by atoms with Crippen molar-refractivity contribution in [1.29, 1.82) is 0 Å². The number of hydrogen-bond acceptors (Lipinski definition) is 3. The zero-order valence-electron chi connectivity index (χ0n) is 11.5. The van der Waals surface area contributed by atoms with E-state index in [2.05, 4.69) is 10.0 Å². The van der Waals surface area contributed by atoms with Gasteiger partial charge in [0.15, 0.2) is 0 Å². The maximum atomic E-state index is 12.3. The van der Waals surface area contributed by atoms with Gasteiger partial charge in [-0.25, -0.2) is 13.1 Å². The summed E-state index contributed by atoms with van der Waals surface area (Å²) in [6.07, 6.45) is 1.38. The Balaban J connectivity index is 2.09. The summed E-state index contributed by atoms with van der Waals surface area (Å²) in [6.45, 7) is 5.47. The molecule has 1 unspecified atom stereocenters. The summed E-state index contributed by atoms with van der Waals surface area (Å²) in [7, 11) is -3.24. The van der Waals surface area contributed by atoms with Crippen LogP contribution in [0.25, 0.3) is 0 Å². The van der Waals surface area contributed by atoms with E-state index in [-0.39, 0.29) is 11.3 Å².